The van der Waals surface area contributed by atoms with Gasteiger partial charge in [-0.3, -0.25) is 25.1 Å². The van der Waals surface area contributed by atoms with Gasteiger partial charge in [0.1, 0.15) is 43.0 Å². The molecule has 3 aliphatic heterocycles. The second-order valence-electron chi connectivity index (χ2n) is 15.6. The minimum absolute atomic E-state index is 0.0468. The van der Waals surface area contributed by atoms with Crippen molar-refractivity contribution in [1.82, 2.24) is 5.32 Å². The van der Waals surface area contributed by atoms with E-state index in [0.717, 1.165) is 6.42 Å². The molecule has 5 aliphatic rings. The summed E-state index contributed by atoms with van der Waals surface area (Å²) in [6, 6.07) is 12.8. The van der Waals surface area contributed by atoms with Crippen LogP contribution in [0.1, 0.15) is 87.1 Å². The SMILES string of the molecule is N=C1N=C2C(=NC[NH+]2c2ccccc2Cc2cc3c(c(OCC(O)CC=O)c2OC2OC(C4(O)CCCCC4)C(O)C(O)C2O)C(=O)c2cc(CO)ccc2C3=O)C(=O)N1. The average Bonchev–Trinajstić information content (AvgIpc) is 3.66. The van der Waals surface area contributed by atoms with Gasteiger partial charge in [-0.25, -0.2) is 9.89 Å². The van der Waals surface area contributed by atoms with Gasteiger partial charge in [0.25, 0.3) is 11.7 Å². The van der Waals surface area contributed by atoms with Gasteiger partial charge in [0, 0.05) is 40.7 Å². The van der Waals surface area contributed by atoms with Crippen LogP contribution in [0.25, 0.3) is 0 Å². The highest BCUT2D eigenvalue weighted by Crippen LogP contribution is 2.46. The molecule has 18 heteroatoms. The minimum atomic E-state index is -1.92. The fourth-order valence-electron chi connectivity index (χ4n) is 8.61. The summed E-state index contributed by atoms with van der Waals surface area (Å²) < 4.78 is 18.8. The number of guanidine groups is 1. The summed E-state index contributed by atoms with van der Waals surface area (Å²) in [6.07, 6.45) is -7.56. The molecule has 0 aromatic heterocycles. The molecule has 1 amide bonds. The predicted octanol–water partition coefficient (Wildman–Crippen LogP) is -0.853. The van der Waals surface area contributed by atoms with Gasteiger partial charge >= 0.3 is 0 Å². The molecule has 7 atom stereocenters. The van der Waals surface area contributed by atoms with Crippen molar-refractivity contribution in [2.75, 3.05) is 13.3 Å². The molecule has 0 radical (unpaired) electrons. The number of fused-ring (bicyclic) bond motifs is 3. The summed E-state index contributed by atoms with van der Waals surface area (Å²) in [6.45, 7) is -0.956. The van der Waals surface area contributed by atoms with E-state index >= 15 is 0 Å². The molecule has 3 aromatic carbocycles. The van der Waals surface area contributed by atoms with Crippen LogP contribution in [-0.2, 0) is 27.4 Å². The second-order valence-corrected chi connectivity index (χ2v) is 15.6. The van der Waals surface area contributed by atoms with Crippen LogP contribution in [0.15, 0.2) is 58.5 Å². The Morgan fingerprint density at radius 1 is 0.950 bits per heavy atom. The maximum absolute atomic E-state index is 14.5. The third kappa shape index (κ3) is 7.34. The zero-order chi connectivity index (χ0) is 42.5. The number of amidine groups is 1. The zero-order valence-electron chi connectivity index (χ0n) is 32.2. The highest BCUT2D eigenvalue weighted by molar-refractivity contribution is 6.68. The normalized spacial score (nSPS) is 26.2. The van der Waals surface area contributed by atoms with E-state index in [2.05, 4.69) is 15.3 Å². The summed E-state index contributed by atoms with van der Waals surface area (Å²) in [5.41, 5.74) is -0.278. The summed E-state index contributed by atoms with van der Waals surface area (Å²) in [5, 5.41) is 76.4. The summed E-state index contributed by atoms with van der Waals surface area (Å²) in [7, 11) is 0. The number of carbonyl (C=O) groups is 4. The Kier molecular flexibility index (Phi) is 11.3. The van der Waals surface area contributed by atoms with Crippen molar-refractivity contribution in [2.45, 2.75) is 94.0 Å². The fraction of sp³-hybridized carbons (Fsp3) is 0.405. The lowest BCUT2D eigenvalue weighted by Crippen LogP contribution is -3.09. The number of para-hydroxylation sites is 1. The quantitative estimate of drug-likeness (QED) is 0.0789. The predicted molar refractivity (Wildman–Crippen MR) is 209 cm³/mol. The zero-order valence-corrected chi connectivity index (χ0v) is 32.2. The number of benzene rings is 3. The number of nitrogens with one attached hydrogen (secondary N) is 3. The summed E-state index contributed by atoms with van der Waals surface area (Å²) in [5.74, 6) is -2.65. The number of hydrogen-bond acceptors (Lipinski definition) is 15. The lowest BCUT2D eigenvalue weighted by atomic mass is 9.76. The first-order valence-corrected chi connectivity index (χ1v) is 19.7. The van der Waals surface area contributed by atoms with Gasteiger partial charge < -0.3 is 49.6 Å². The first-order valence-electron chi connectivity index (χ1n) is 19.7. The lowest BCUT2D eigenvalue weighted by Gasteiger charge is -2.48. The Balaban J connectivity index is 1.29. The number of hydrogen-bond donors (Lipinski definition) is 9. The van der Waals surface area contributed by atoms with Gasteiger partial charge in [-0.1, -0.05) is 43.5 Å². The number of aliphatic hydroxyl groups is 6. The maximum atomic E-state index is 14.5. The molecule has 2 aliphatic carbocycles. The number of aldehydes is 1. The van der Waals surface area contributed by atoms with Crippen LogP contribution >= 0.6 is 0 Å². The van der Waals surface area contributed by atoms with Gasteiger partial charge in [0.15, 0.2) is 29.7 Å². The van der Waals surface area contributed by atoms with Crippen molar-refractivity contribution in [3.8, 4) is 11.5 Å². The highest BCUT2D eigenvalue weighted by Gasteiger charge is 2.54. The lowest BCUT2D eigenvalue weighted by molar-refractivity contribution is -0.723. The standard InChI is InChI=1S/C42H43N5O13/c43-41-45-38-29(39(56)46-41)44-19-47(38)27-7-3-2-6-21(27)15-22-16-26-28(31(52)25-14-20(17-49)8-9-24(25)30(26)51)36(58-18-23(50)10-13-48)35(22)59-40-34(55)32(53)33(54)37(60-40)42(57)11-4-1-5-12-42/h2-3,6-9,13-14,16,23,32-34,37,40,49-50,53-55,57H,1,4-5,10-12,15,17-19H2,(H2,43,46,56)/p+1. The summed E-state index contributed by atoms with van der Waals surface area (Å²) in [4.78, 5) is 62.1. The molecule has 0 bridgehead atoms. The molecule has 2 fully saturated rings. The van der Waals surface area contributed by atoms with Gasteiger partial charge in [-0.05, 0) is 42.7 Å². The molecular weight excluding hydrogens is 782 g/mol. The van der Waals surface area contributed by atoms with E-state index in [1.54, 1.807) is 24.3 Å². The fourth-order valence-corrected chi connectivity index (χ4v) is 8.61. The molecule has 314 valence electrons. The average molecular weight is 827 g/mol. The largest absolute Gasteiger partial charge is 0.486 e. The van der Waals surface area contributed by atoms with Crippen molar-refractivity contribution >= 4 is 47.0 Å². The smallest absolute Gasteiger partial charge is 0.284 e. The van der Waals surface area contributed by atoms with Crippen molar-refractivity contribution in [2.24, 2.45) is 9.98 Å². The Labute approximate surface area is 342 Å². The van der Waals surface area contributed by atoms with E-state index in [1.165, 1.54) is 24.3 Å². The van der Waals surface area contributed by atoms with E-state index in [0.29, 0.717) is 40.8 Å². The number of aliphatic imine (C=N–C) groups is 2. The molecule has 3 heterocycles. The van der Waals surface area contributed by atoms with Crippen molar-refractivity contribution < 1.29 is 68.9 Å². The Morgan fingerprint density at radius 3 is 2.47 bits per heavy atom. The van der Waals surface area contributed by atoms with Crippen LogP contribution in [-0.4, -0.2) is 128 Å². The third-order valence-corrected chi connectivity index (χ3v) is 11.7. The van der Waals surface area contributed by atoms with Gasteiger partial charge in [0.2, 0.25) is 18.0 Å². The van der Waals surface area contributed by atoms with Crippen LogP contribution in [0, 0.1) is 5.41 Å². The number of ketones is 2. The number of amides is 1. The van der Waals surface area contributed by atoms with Gasteiger partial charge in [-0.2, -0.15) is 4.99 Å². The number of carbonyl (C=O) groups excluding carboxylic acids is 4. The molecule has 60 heavy (non-hydrogen) atoms. The topological polar surface area (TPSA) is 282 Å². The second kappa shape index (κ2) is 16.5. The van der Waals surface area contributed by atoms with E-state index < -0.39 is 73.1 Å². The highest BCUT2D eigenvalue weighted by atomic mass is 16.7. The maximum Gasteiger partial charge on any atom is 0.284 e. The molecule has 1 saturated heterocycles. The first kappa shape index (κ1) is 41.2. The third-order valence-electron chi connectivity index (χ3n) is 11.7. The van der Waals surface area contributed by atoms with E-state index in [1.807, 2.05) is 0 Å². The number of aliphatic hydroxyl groups excluding tert-OH is 5. The molecule has 7 unspecified atom stereocenters. The number of rotatable bonds is 12. The van der Waals surface area contributed by atoms with E-state index in [4.69, 9.17) is 19.6 Å². The Bertz CT molecular complexity index is 2340. The number of ether oxygens (including phenoxy) is 3. The van der Waals surface area contributed by atoms with Gasteiger partial charge in [-0.15, -0.1) is 0 Å². The van der Waals surface area contributed by atoms with Gasteiger partial charge in [0.05, 0.1) is 23.9 Å². The van der Waals surface area contributed by atoms with Crippen molar-refractivity contribution in [3.63, 3.8) is 0 Å². The Hall–Kier alpha value is -5.57. The van der Waals surface area contributed by atoms with Crippen molar-refractivity contribution in [3.05, 3.63) is 87.5 Å². The van der Waals surface area contributed by atoms with Crippen LogP contribution in [0.3, 0.4) is 0 Å². The summed E-state index contributed by atoms with van der Waals surface area (Å²) >= 11 is 0. The molecular formula is C42H44N5O13+. The number of quaternary nitrogens is 1. The van der Waals surface area contributed by atoms with Crippen LogP contribution in [0.5, 0.6) is 11.5 Å². The molecule has 0 spiro atoms. The van der Waals surface area contributed by atoms with Crippen LogP contribution < -0.4 is 19.7 Å². The minimum Gasteiger partial charge on any atom is -0.486 e. The van der Waals surface area contributed by atoms with Crippen LogP contribution in [0.2, 0.25) is 0 Å². The first-order chi connectivity index (χ1) is 28.8. The monoisotopic (exact) mass is 826 g/mol. The van der Waals surface area contributed by atoms with E-state index in [9.17, 15) is 49.8 Å². The van der Waals surface area contributed by atoms with Crippen molar-refractivity contribution in [1.29, 1.82) is 5.41 Å². The molecule has 1 saturated carbocycles. The molecule has 9 N–H and O–H groups in total. The molecule has 8 rings (SSSR count). The number of nitrogens with zero attached hydrogens (tertiary/aromatic N) is 2. The van der Waals surface area contributed by atoms with E-state index in [-0.39, 0.29) is 89.2 Å². The molecule has 3 aromatic rings. The van der Waals surface area contributed by atoms with Crippen LogP contribution in [0.4, 0.5) is 5.69 Å². The Morgan fingerprint density at radius 2 is 1.72 bits per heavy atom. The molecule has 18 nitrogen and oxygen atoms in total.